The van der Waals surface area contributed by atoms with Crippen LogP contribution in [0.2, 0.25) is 0 Å². The van der Waals surface area contributed by atoms with Crippen molar-refractivity contribution in [3.8, 4) is 0 Å². The lowest BCUT2D eigenvalue weighted by Gasteiger charge is -2.35. The Bertz CT molecular complexity index is 130. The Labute approximate surface area is 72.6 Å². The molecule has 72 valence electrons. The van der Waals surface area contributed by atoms with Gasteiger partial charge in [0, 0.05) is 19.1 Å². The van der Waals surface area contributed by atoms with Crippen LogP contribution >= 0.6 is 0 Å². The van der Waals surface area contributed by atoms with Gasteiger partial charge in [-0.3, -0.25) is 0 Å². The molecule has 0 spiro atoms. The van der Waals surface area contributed by atoms with Crippen molar-refractivity contribution in [3.63, 3.8) is 0 Å². The maximum atomic E-state index is 9.43. The molecule has 0 saturated carbocycles. The number of aliphatic hydroxyl groups excluding tert-OH is 1. The molecule has 0 bridgehead atoms. The fourth-order valence-corrected chi connectivity index (χ4v) is 1.38. The Hall–Kier alpha value is -0.160. The number of aliphatic hydroxyl groups is 1. The predicted molar refractivity (Wildman–Crippen MR) is 44.6 cm³/mol. The number of hydrogen-bond acceptors (Lipinski definition) is 4. The molecule has 0 aromatic carbocycles. The first kappa shape index (κ1) is 9.92. The molecule has 0 unspecified atom stereocenters. The Morgan fingerprint density at radius 3 is 2.83 bits per heavy atom. The van der Waals surface area contributed by atoms with Gasteiger partial charge in [0.25, 0.3) is 0 Å². The average Bonchev–Trinajstić information content (AvgIpc) is 2.01. The molecule has 0 aromatic rings. The lowest BCUT2D eigenvalue weighted by molar-refractivity contribution is -0.220. The smallest absolute Gasteiger partial charge is 0.159 e. The van der Waals surface area contributed by atoms with Gasteiger partial charge in [-0.25, -0.2) is 0 Å². The standard InChI is InChI=1S/C8H17NO3/c1-3-11-7-4-6(9)8(10)5(2)12-7/h5-8,10H,3-4,9H2,1-2H3/t5-,6-,7+,8+/m0/s1. The second-order valence-corrected chi connectivity index (χ2v) is 3.12. The van der Waals surface area contributed by atoms with E-state index in [-0.39, 0.29) is 18.4 Å². The lowest BCUT2D eigenvalue weighted by atomic mass is 10.0. The minimum Gasteiger partial charge on any atom is -0.389 e. The molecule has 4 nitrogen and oxygen atoms in total. The van der Waals surface area contributed by atoms with Gasteiger partial charge in [-0.05, 0) is 13.8 Å². The molecule has 3 N–H and O–H groups in total. The third-order valence-corrected chi connectivity index (χ3v) is 2.10. The van der Waals surface area contributed by atoms with Crippen LogP contribution in [-0.2, 0) is 9.47 Å². The molecule has 0 aliphatic carbocycles. The van der Waals surface area contributed by atoms with Gasteiger partial charge in [-0.2, -0.15) is 0 Å². The summed E-state index contributed by atoms with van der Waals surface area (Å²) in [6.45, 7) is 4.32. The molecule has 1 aliphatic rings. The Balaban J connectivity index is 2.42. The van der Waals surface area contributed by atoms with E-state index in [1.165, 1.54) is 0 Å². The summed E-state index contributed by atoms with van der Waals surface area (Å²) in [4.78, 5) is 0. The van der Waals surface area contributed by atoms with Crippen molar-refractivity contribution < 1.29 is 14.6 Å². The molecule has 1 fully saturated rings. The van der Waals surface area contributed by atoms with Gasteiger partial charge in [-0.1, -0.05) is 0 Å². The van der Waals surface area contributed by atoms with E-state index in [2.05, 4.69) is 0 Å². The van der Waals surface area contributed by atoms with E-state index >= 15 is 0 Å². The predicted octanol–water partition coefficient (Wildman–Crippen LogP) is -0.154. The summed E-state index contributed by atoms with van der Waals surface area (Å²) in [5.74, 6) is 0. The molecule has 4 atom stereocenters. The molecule has 1 heterocycles. The fraction of sp³-hybridized carbons (Fsp3) is 1.00. The zero-order chi connectivity index (χ0) is 9.14. The van der Waals surface area contributed by atoms with Crippen molar-refractivity contribution in [1.29, 1.82) is 0 Å². The van der Waals surface area contributed by atoms with Gasteiger partial charge in [0.15, 0.2) is 6.29 Å². The summed E-state index contributed by atoms with van der Waals surface area (Å²) >= 11 is 0. The third-order valence-electron chi connectivity index (χ3n) is 2.10. The van der Waals surface area contributed by atoms with Crippen molar-refractivity contribution in [2.75, 3.05) is 6.61 Å². The lowest BCUT2D eigenvalue weighted by Crippen LogP contribution is -2.51. The zero-order valence-corrected chi connectivity index (χ0v) is 7.56. The zero-order valence-electron chi connectivity index (χ0n) is 7.56. The van der Waals surface area contributed by atoms with Crippen LogP contribution in [0.1, 0.15) is 20.3 Å². The largest absolute Gasteiger partial charge is 0.389 e. The average molecular weight is 175 g/mol. The summed E-state index contributed by atoms with van der Waals surface area (Å²) in [5, 5.41) is 9.43. The van der Waals surface area contributed by atoms with E-state index in [9.17, 15) is 5.11 Å². The van der Waals surface area contributed by atoms with E-state index in [4.69, 9.17) is 15.2 Å². The minimum atomic E-state index is -0.568. The molecule has 0 aromatic heterocycles. The quantitative estimate of drug-likeness (QED) is 0.612. The van der Waals surface area contributed by atoms with E-state index in [0.717, 1.165) is 0 Å². The highest BCUT2D eigenvalue weighted by molar-refractivity contribution is 4.82. The molecule has 12 heavy (non-hydrogen) atoms. The van der Waals surface area contributed by atoms with Gasteiger partial charge >= 0.3 is 0 Å². The summed E-state index contributed by atoms with van der Waals surface area (Å²) in [6, 6.07) is -0.231. The summed E-state index contributed by atoms with van der Waals surface area (Å²) in [5.41, 5.74) is 5.68. The van der Waals surface area contributed by atoms with Gasteiger partial charge in [0.1, 0.15) is 0 Å². The molecule has 0 radical (unpaired) electrons. The van der Waals surface area contributed by atoms with Crippen LogP contribution in [0, 0.1) is 0 Å². The van der Waals surface area contributed by atoms with E-state index in [1.807, 2.05) is 6.92 Å². The maximum absolute atomic E-state index is 9.43. The Kier molecular flexibility index (Phi) is 3.46. The van der Waals surface area contributed by atoms with Crippen LogP contribution in [-0.4, -0.2) is 36.3 Å². The van der Waals surface area contributed by atoms with Crippen LogP contribution in [0.4, 0.5) is 0 Å². The Morgan fingerprint density at radius 1 is 1.67 bits per heavy atom. The van der Waals surface area contributed by atoms with E-state index < -0.39 is 6.10 Å². The van der Waals surface area contributed by atoms with Gasteiger partial charge in [0.05, 0.1) is 12.2 Å². The topological polar surface area (TPSA) is 64.7 Å². The highest BCUT2D eigenvalue weighted by Gasteiger charge is 2.32. The normalized spacial score (nSPS) is 43.0. The highest BCUT2D eigenvalue weighted by atomic mass is 16.7. The molecular weight excluding hydrogens is 158 g/mol. The first-order chi connectivity index (χ1) is 5.65. The van der Waals surface area contributed by atoms with Crippen molar-refractivity contribution in [3.05, 3.63) is 0 Å². The van der Waals surface area contributed by atoms with E-state index in [1.54, 1.807) is 6.92 Å². The summed E-state index contributed by atoms with van der Waals surface area (Å²) in [7, 11) is 0. The van der Waals surface area contributed by atoms with Gasteiger partial charge in [-0.15, -0.1) is 0 Å². The second kappa shape index (κ2) is 4.18. The minimum absolute atomic E-state index is 0.231. The van der Waals surface area contributed by atoms with Crippen LogP contribution in [0.3, 0.4) is 0 Å². The monoisotopic (exact) mass is 175 g/mol. The van der Waals surface area contributed by atoms with Crippen molar-refractivity contribution in [2.45, 2.75) is 44.8 Å². The molecule has 4 heteroatoms. The molecule has 1 aliphatic heterocycles. The van der Waals surface area contributed by atoms with Gasteiger partial charge < -0.3 is 20.3 Å². The molecule has 1 saturated heterocycles. The number of rotatable bonds is 2. The Morgan fingerprint density at radius 2 is 2.33 bits per heavy atom. The summed E-state index contributed by atoms with van der Waals surface area (Å²) < 4.78 is 10.6. The maximum Gasteiger partial charge on any atom is 0.159 e. The van der Waals surface area contributed by atoms with E-state index in [0.29, 0.717) is 13.0 Å². The van der Waals surface area contributed by atoms with Crippen LogP contribution in [0.15, 0.2) is 0 Å². The van der Waals surface area contributed by atoms with Gasteiger partial charge in [0.2, 0.25) is 0 Å². The van der Waals surface area contributed by atoms with Crippen molar-refractivity contribution in [1.82, 2.24) is 0 Å². The molecular formula is C8H17NO3. The van der Waals surface area contributed by atoms with Crippen LogP contribution in [0.25, 0.3) is 0 Å². The second-order valence-electron chi connectivity index (χ2n) is 3.12. The number of nitrogens with two attached hydrogens (primary N) is 1. The number of hydrogen-bond donors (Lipinski definition) is 2. The van der Waals surface area contributed by atoms with Crippen molar-refractivity contribution >= 4 is 0 Å². The van der Waals surface area contributed by atoms with Crippen LogP contribution < -0.4 is 5.73 Å². The number of ether oxygens (including phenoxy) is 2. The summed E-state index contributed by atoms with van der Waals surface area (Å²) in [6.07, 6.45) is -0.477. The fourth-order valence-electron chi connectivity index (χ4n) is 1.38. The van der Waals surface area contributed by atoms with Crippen LogP contribution in [0.5, 0.6) is 0 Å². The molecule has 0 amide bonds. The first-order valence-electron chi connectivity index (χ1n) is 4.35. The first-order valence-corrected chi connectivity index (χ1v) is 4.35. The van der Waals surface area contributed by atoms with Crippen molar-refractivity contribution in [2.24, 2.45) is 5.73 Å². The SMILES string of the molecule is CCO[C@H]1C[C@H](N)[C@H](O)[C@H](C)O1. The molecule has 1 rings (SSSR count). The highest BCUT2D eigenvalue weighted by Crippen LogP contribution is 2.19. The third kappa shape index (κ3) is 2.17.